The molecule has 0 spiro atoms. The standard InChI is InChI=1S/C13H8N8O/c1-2-3-20-10(6-16)8(4-14)18-12(20)21-11(7-17)9(5-15)19-13(21)22/h2-3H2,1H3,(H,19,22). The first-order valence-electron chi connectivity index (χ1n) is 6.19. The van der Waals surface area contributed by atoms with E-state index in [1.54, 1.807) is 18.2 Å². The summed E-state index contributed by atoms with van der Waals surface area (Å²) >= 11 is 0. The fraction of sp³-hybridized carbons (Fsp3) is 0.231. The summed E-state index contributed by atoms with van der Waals surface area (Å²) in [6, 6.07) is 7.13. The van der Waals surface area contributed by atoms with Gasteiger partial charge < -0.3 is 4.57 Å². The zero-order valence-corrected chi connectivity index (χ0v) is 11.5. The maximum Gasteiger partial charge on any atom is 0.334 e. The Labute approximate surface area is 124 Å². The SMILES string of the molecule is CCCn1c(-n2c(C#N)c(C#N)[nH]c2=O)nc(C#N)c1C#N. The van der Waals surface area contributed by atoms with Gasteiger partial charge in [0.1, 0.15) is 24.3 Å². The Kier molecular flexibility index (Phi) is 3.76. The Morgan fingerprint density at radius 3 is 2.27 bits per heavy atom. The van der Waals surface area contributed by atoms with Gasteiger partial charge in [-0.2, -0.15) is 26.0 Å². The van der Waals surface area contributed by atoms with Crippen LogP contribution in [0.3, 0.4) is 0 Å². The van der Waals surface area contributed by atoms with E-state index in [4.69, 9.17) is 15.8 Å². The lowest BCUT2D eigenvalue weighted by Crippen LogP contribution is -2.21. The Morgan fingerprint density at radius 1 is 1.09 bits per heavy atom. The Morgan fingerprint density at radius 2 is 1.77 bits per heavy atom. The molecule has 0 aromatic carbocycles. The lowest BCUT2D eigenvalue weighted by atomic mass is 10.3. The van der Waals surface area contributed by atoms with Crippen LogP contribution >= 0.6 is 0 Å². The molecule has 0 aliphatic heterocycles. The number of nitriles is 4. The van der Waals surface area contributed by atoms with E-state index in [1.807, 2.05) is 13.0 Å². The molecule has 2 rings (SSSR count). The van der Waals surface area contributed by atoms with Gasteiger partial charge in [0.15, 0.2) is 22.8 Å². The smallest absolute Gasteiger partial charge is 0.300 e. The number of H-pyrrole nitrogens is 1. The maximum absolute atomic E-state index is 12.0. The third-order valence-electron chi connectivity index (χ3n) is 2.92. The zero-order valence-electron chi connectivity index (χ0n) is 11.5. The molecule has 0 aliphatic carbocycles. The predicted octanol–water partition coefficient (Wildman–Crippen LogP) is 0.259. The van der Waals surface area contributed by atoms with Gasteiger partial charge in [-0.05, 0) is 6.42 Å². The predicted molar refractivity (Wildman–Crippen MR) is 71.3 cm³/mol. The first kappa shape index (κ1) is 14.6. The Balaban J connectivity index is 2.89. The highest BCUT2D eigenvalue weighted by atomic mass is 16.1. The average Bonchev–Trinajstić information content (AvgIpc) is 3.03. The number of rotatable bonds is 3. The van der Waals surface area contributed by atoms with E-state index in [2.05, 4.69) is 9.97 Å². The minimum absolute atomic E-state index is 0.00912. The summed E-state index contributed by atoms with van der Waals surface area (Å²) in [5.41, 5.74) is -1.28. The molecule has 0 saturated heterocycles. The highest BCUT2D eigenvalue weighted by Gasteiger charge is 2.23. The minimum Gasteiger partial charge on any atom is -0.300 e. The van der Waals surface area contributed by atoms with Crippen molar-refractivity contribution in [3.63, 3.8) is 0 Å². The normalized spacial score (nSPS) is 9.50. The molecule has 0 fully saturated rings. The second-order valence-corrected chi connectivity index (χ2v) is 4.20. The van der Waals surface area contributed by atoms with Gasteiger partial charge in [-0.1, -0.05) is 6.92 Å². The molecule has 2 heterocycles. The summed E-state index contributed by atoms with van der Waals surface area (Å²) in [6.45, 7) is 2.18. The summed E-state index contributed by atoms with van der Waals surface area (Å²) < 4.78 is 2.28. The van der Waals surface area contributed by atoms with Crippen molar-refractivity contribution in [2.45, 2.75) is 19.9 Å². The van der Waals surface area contributed by atoms with Gasteiger partial charge in [0.05, 0.1) is 0 Å². The fourth-order valence-corrected chi connectivity index (χ4v) is 2.05. The largest absolute Gasteiger partial charge is 0.334 e. The second-order valence-electron chi connectivity index (χ2n) is 4.20. The fourth-order valence-electron chi connectivity index (χ4n) is 2.05. The number of nitrogens with one attached hydrogen (secondary N) is 1. The molecule has 0 radical (unpaired) electrons. The van der Waals surface area contributed by atoms with Gasteiger partial charge >= 0.3 is 5.69 Å². The molecular weight excluding hydrogens is 284 g/mol. The molecule has 2 aromatic rings. The summed E-state index contributed by atoms with van der Waals surface area (Å²) in [7, 11) is 0. The molecule has 0 bridgehead atoms. The molecule has 0 saturated carbocycles. The van der Waals surface area contributed by atoms with E-state index in [-0.39, 0.29) is 28.7 Å². The molecule has 1 N–H and O–H groups in total. The molecule has 0 aliphatic rings. The molecule has 2 aromatic heterocycles. The van der Waals surface area contributed by atoms with Crippen LogP contribution in [0.15, 0.2) is 4.79 Å². The van der Waals surface area contributed by atoms with Crippen molar-refractivity contribution in [2.75, 3.05) is 0 Å². The quantitative estimate of drug-likeness (QED) is 0.856. The maximum atomic E-state index is 12.0. The number of nitrogens with zero attached hydrogens (tertiary/aromatic N) is 7. The molecule has 9 nitrogen and oxygen atoms in total. The summed E-state index contributed by atoms with van der Waals surface area (Å²) in [5, 5.41) is 36.4. The number of aromatic amines is 1. The third kappa shape index (κ3) is 2.00. The van der Waals surface area contributed by atoms with Crippen molar-refractivity contribution in [1.82, 2.24) is 19.1 Å². The van der Waals surface area contributed by atoms with Crippen molar-refractivity contribution in [3.8, 4) is 30.2 Å². The first-order valence-corrected chi connectivity index (χ1v) is 6.19. The number of hydrogen-bond donors (Lipinski definition) is 1. The van der Waals surface area contributed by atoms with Crippen molar-refractivity contribution >= 4 is 0 Å². The lowest BCUT2D eigenvalue weighted by Gasteiger charge is -2.07. The van der Waals surface area contributed by atoms with Gasteiger partial charge in [-0.25, -0.2) is 9.36 Å². The number of imidazole rings is 2. The van der Waals surface area contributed by atoms with E-state index < -0.39 is 5.69 Å². The van der Waals surface area contributed by atoms with Gasteiger partial charge in [-0.15, -0.1) is 0 Å². The van der Waals surface area contributed by atoms with Crippen LogP contribution in [0.25, 0.3) is 5.95 Å². The number of aromatic nitrogens is 4. The van der Waals surface area contributed by atoms with Gasteiger partial charge in [-0.3, -0.25) is 4.98 Å². The van der Waals surface area contributed by atoms with Gasteiger partial charge in [0.2, 0.25) is 5.95 Å². The Bertz CT molecular complexity index is 961. The van der Waals surface area contributed by atoms with Crippen LogP contribution in [0.5, 0.6) is 0 Å². The minimum atomic E-state index is -0.732. The summed E-state index contributed by atoms with van der Waals surface area (Å²) in [6.07, 6.45) is 0.620. The zero-order chi connectivity index (χ0) is 16.3. The van der Waals surface area contributed by atoms with Gasteiger partial charge in [0.25, 0.3) is 0 Å². The van der Waals surface area contributed by atoms with Crippen molar-refractivity contribution in [3.05, 3.63) is 33.3 Å². The molecular formula is C13H8N8O. The Hall–Kier alpha value is -3.82. The summed E-state index contributed by atoms with van der Waals surface area (Å²) in [5.74, 6) is -0.0331. The monoisotopic (exact) mass is 292 g/mol. The van der Waals surface area contributed by atoms with E-state index in [1.165, 1.54) is 4.57 Å². The molecule has 22 heavy (non-hydrogen) atoms. The van der Waals surface area contributed by atoms with E-state index >= 15 is 0 Å². The van der Waals surface area contributed by atoms with Crippen molar-refractivity contribution in [2.24, 2.45) is 0 Å². The van der Waals surface area contributed by atoms with Gasteiger partial charge in [0, 0.05) is 6.54 Å². The molecule has 0 unspecified atom stereocenters. The van der Waals surface area contributed by atoms with Crippen molar-refractivity contribution < 1.29 is 0 Å². The van der Waals surface area contributed by atoms with Crippen LogP contribution in [0.4, 0.5) is 0 Å². The van der Waals surface area contributed by atoms with Crippen LogP contribution in [0.2, 0.25) is 0 Å². The average molecular weight is 292 g/mol. The number of hydrogen-bond acceptors (Lipinski definition) is 6. The topological polar surface area (TPSA) is 151 Å². The first-order chi connectivity index (χ1) is 10.6. The highest BCUT2D eigenvalue weighted by Crippen LogP contribution is 2.16. The molecule has 9 heteroatoms. The van der Waals surface area contributed by atoms with E-state index in [9.17, 15) is 10.1 Å². The molecule has 106 valence electrons. The summed E-state index contributed by atoms with van der Waals surface area (Å²) in [4.78, 5) is 18.2. The van der Waals surface area contributed by atoms with Crippen molar-refractivity contribution in [1.29, 1.82) is 21.0 Å². The van der Waals surface area contributed by atoms with Crippen LogP contribution in [0, 0.1) is 45.3 Å². The van der Waals surface area contributed by atoms with E-state index in [0.717, 1.165) is 4.57 Å². The van der Waals surface area contributed by atoms with Crippen LogP contribution in [-0.2, 0) is 6.54 Å². The molecule has 0 atom stereocenters. The highest BCUT2D eigenvalue weighted by molar-refractivity contribution is 5.45. The van der Waals surface area contributed by atoms with Crippen LogP contribution < -0.4 is 5.69 Å². The van der Waals surface area contributed by atoms with E-state index in [0.29, 0.717) is 13.0 Å². The molecule has 0 amide bonds. The third-order valence-corrected chi connectivity index (χ3v) is 2.92. The lowest BCUT2D eigenvalue weighted by molar-refractivity contribution is 0.643. The second kappa shape index (κ2) is 5.66. The van der Waals surface area contributed by atoms with Crippen LogP contribution in [0.1, 0.15) is 36.1 Å². The van der Waals surface area contributed by atoms with Crippen LogP contribution in [-0.4, -0.2) is 19.1 Å².